The van der Waals surface area contributed by atoms with Crippen LogP contribution < -0.4 is 0 Å². The molecular weight excluding hydrogens is 198 g/mol. The lowest BCUT2D eigenvalue weighted by Gasteiger charge is -2.00. The van der Waals surface area contributed by atoms with Gasteiger partial charge in [0.1, 0.15) is 5.75 Å². The van der Waals surface area contributed by atoms with Gasteiger partial charge in [0.2, 0.25) is 0 Å². The predicted octanol–water partition coefficient (Wildman–Crippen LogP) is 1.80. The molecule has 0 unspecified atom stereocenters. The van der Waals surface area contributed by atoms with Crippen molar-refractivity contribution in [3.05, 3.63) is 36.4 Å². The molecule has 0 aliphatic carbocycles. The molecule has 0 saturated heterocycles. The number of aromatic hydroxyl groups is 1. The highest BCUT2D eigenvalue weighted by molar-refractivity contribution is 7.98. The first-order chi connectivity index (χ1) is 6.86. The van der Waals surface area contributed by atoms with Gasteiger partial charge >= 0.3 is 0 Å². The van der Waals surface area contributed by atoms with E-state index in [0.29, 0.717) is 11.4 Å². The van der Waals surface area contributed by atoms with Crippen molar-refractivity contribution in [1.29, 1.82) is 0 Å². The molecule has 2 rings (SSSR count). The van der Waals surface area contributed by atoms with Crippen LogP contribution in [0.1, 0.15) is 5.69 Å². The number of nitrogens with one attached hydrogen (secondary N) is 1. The molecule has 0 fully saturated rings. The van der Waals surface area contributed by atoms with Crippen molar-refractivity contribution in [2.45, 2.75) is 10.9 Å². The summed E-state index contributed by atoms with van der Waals surface area (Å²) in [6.07, 6.45) is 5.12. The van der Waals surface area contributed by atoms with E-state index in [4.69, 9.17) is 0 Å². The van der Waals surface area contributed by atoms with Crippen molar-refractivity contribution in [2.24, 2.45) is 0 Å². The molecule has 0 aliphatic heterocycles. The van der Waals surface area contributed by atoms with Crippen LogP contribution in [0.5, 0.6) is 5.75 Å². The van der Waals surface area contributed by atoms with Crippen molar-refractivity contribution >= 4 is 11.8 Å². The zero-order valence-electron chi connectivity index (χ0n) is 7.34. The van der Waals surface area contributed by atoms with Gasteiger partial charge < -0.3 is 10.1 Å². The molecule has 0 saturated carbocycles. The highest BCUT2D eigenvalue weighted by Gasteiger charge is 2.03. The first-order valence-corrected chi connectivity index (χ1v) is 5.10. The molecule has 4 nitrogen and oxygen atoms in total. The molecule has 14 heavy (non-hydrogen) atoms. The van der Waals surface area contributed by atoms with Gasteiger partial charge in [-0.05, 0) is 12.1 Å². The van der Waals surface area contributed by atoms with Crippen LogP contribution in [0.3, 0.4) is 0 Å². The first-order valence-electron chi connectivity index (χ1n) is 4.11. The first kappa shape index (κ1) is 9.08. The molecule has 0 aliphatic rings. The Morgan fingerprint density at radius 3 is 3.00 bits per heavy atom. The fourth-order valence-corrected chi connectivity index (χ4v) is 1.79. The second-order valence-corrected chi connectivity index (χ2v) is 3.62. The van der Waals surface area contributed by atoms with Gasteiger partial charge in [-0.2, -0.15) is 0 Å². The number of pyridine rings is 1. The lowest BCUT2D eigenvalue weighted by atomic mass is 10.3. The van der Waals surface area contributed by atoms with Gasteiger partial charge in [-0.15, -0.1) is 0 Å². The summed E-state index contributed by atoms with van der Waals surface area (Å²) in [5.41, 5.74) is 0.675. The number of H-pyrrole nitrogens is 1. The Bertz CT molecular complexity index is 402. The van der Waals surface area contributed by atoms with Gasteiger partial charge in [0.05, 0.1) is 5.69 Å². The Hall–Kier alpha value is -1.49. The Morgan fingerprint density at radius 1 is 1.36 bits per heavy atom. The van der Waals surface area contributed by atoms with Crippen LogP contribution in [0, 0.1) is 0 Å². The maximum Gasteiger partial charge on any atom is 0.165 e. The SMILES string of the molecule is Oc1cccnc1CSc1ncc[nH]1. The van der Waals surface area contributed by atoms with Crippen LogP contribution in [-0.2, 0) is 5.75 Å². The summed E-state index contributed by atoms with van der Waals surface area (Å²) in [6.45, 7) is 0. The van der Waals surface area contributed by atoms with Gasteiger partial charge in [-0.1, -0.05) is 11.8 Å². The summed E-state index contributed by atoms with van der Waals surface area (Å²) in [4.78, 5) is 11.1. The maximum atomic E-state index is 9.43. The largest absolute Gasteiger partial charge is 0.506 e. The van der Waals surface area contributed by atoms with E-state index >= 15 is 0 Å². The fourth-order valence-electron chi connectivity index (χ4n) is 1.01. The Balaban J connectivity index is 2.02. The van der Waals surface area contributed by atoms with E-state index in [2.05, 4.69) is 15.0 Å². The molecule has 2 N–H and O–H groups in total. The minimum Gasteiger partial charge on any atom is -0.506 e. The molecule has 0 atom stereocenters. The van der Waals surface area contributed by atoms with Gasteiger partial charge in [-0.3, -0.25) is 4.98 Å². The second kappa shape index (κ2) is 4.15. The summed E-state index contributed by atoms with van der Waals surface area (Å²) < 4.78 is 0. The number of nitrogens with zero attached hydrogens (tertiary/aromatic N) is 2. The molecule has 0 bridgehead atoms. The van der Waals surface area contributed by atoms with Crippen molar-refractivity contribution < 1.29 is 5.11 Å². The van der Waals surface area contributed by atoms with Crippen molar-refractivity contribution in [3.8, 4) is 5.75 Å². The van der Waals surface area contributed by atoms with E-state index in [9.17, 15) is 5.11 Å². The van der Waals surface area contributed by atoms with Crippen LogP contribution in [0.15, 0.2) is 35.9 Å². The van der Waals surface area contributed by atoms with Crippen LogP contribution >= 0.6 is 11.8 Å². The quantitative estimate of drug-likeness (QED) is 0.753. The van der Waals surface area contributed by atoms with Gasteiger partial charge in [0.25, 0.3) is 0 Å². The summed E-state index contributed by atoms with van der Waals surface area (Å²) >= 11 is 1.51. The Kier molecular flexibility index (Phi) is 2.69. The molecule has 2 heterocycles. The third-order valence-electron chi connectivity index (χ3n) is 1.68. The summed E-state index contributed by atoms with van der Waals surface area (Å²) in [7, 11) is 0. The number of hydrogen-bond donors (Lipinski definition) is 2. The standard InChI is InChI=1S/C9H9N3OS/c13-8-2-1-3-10-7(8)6-14-9-11-4-5-12-9/h1-5,13H,6H2,(H,11,12). The number of thioether (sulfide) groups is 1. The van der Waals surface area contributed by atoms with E-state index in [1.165, 1.54) is 11.8 Å². The highest BCUT2D eigenvalue weighted by atomic mass is 32.2. The van der Waals surface area contributed by atoms with Crippen LogP contribution in [0.4, 0.5) is 0 Å². The second-order valence-electron chi connectivity index (χ2n) is 2.65. The Morgan fingerprint density at radius 2 is 2.29 bits per heavy atom. The molecule has 5 heteroatoms. The number of aromatic amines is 1. The molecule has 2 aromatic rings. The fraction of sp³-hybridized carbons (Fsp3) is 0.111. The van der Waals surface area contributed by atoms with E-state index in [1.54, 1.807) is 30.7 Å². The third kappa shape index (κ3) is 2.05. The maximum absolute atomic E-state index is 9.43. The van der Waals surface area contributed by atoms with E-state index < -0.39 is 0 Å². The number of hydrogen-bond acceptors (Lipinski definition) is 4. The number of imidazole rings is 1. The van der Waals surface area contributed by atoms with E-state index in [1.807, 2.05) is 0 Å². The molecule has 72 valence electrons. The normalized spacial score (nSPS) is 10.3. The van der Waals surface area contributed by atoms with Crippen LogP contribution in [0.25, 0.3) is 0 Å². The molecule has 0 radical (unpaired) electrons. The molecule has 0 spiro atoms. The zero-order chi connectivity index (χ0) is 9.80. The van der Waals surface area contributed by atoms with Gasteiger partial charge in [0.15, 0.2) is 5.16 Å². The third-order valence-corrected chi connectivity index (χ3v) is 2.60. The summed E-state index contributed by atoms with van der Waals surface area (Å²) in [5, 5.41) is 10.3. The monoisotopic (exact) mass is 207 g/mol. The minimum absolute atomic E-state index is 0.228. The minimum atomic E-state index is 0.228. The smallest absolute Gasteiger partial charge is 0.165 e. The average Bonchev–Trinajstić information content (AvgIpc) is 2.69. The summed E-state index contributed by atoms with van der Waals surface area (Å²) in [5.74, 6) is 0.840. The van der Waals surface area contributed by atoms with E-state index in [-0.39, 0.29) is 5.75 Å². The molecule has 2 aromatic heterocycles. The van der Waals surface area contributed by atoms with E-state index in [0.717, 1.165) is 5.16 Å². The summed E-state index contributed by atoms with van der Waals surface area (Å²) in [6, 6.07) is 3.33. The molecule has 0 amide bonds. The lowest BCUT2D eigenvalue weighted by molar-refractivity contribution is 0.467. The van der Waals surface area contributed by atoms with Crippen LogP contribution in [-0.4, -0.2) is 20.1 Å². The number of rotatable bonds is 3. The average molecular weight is 207 g/mol. The van der Waals surface area contributed by atoms with Gasteiger partial charge in [-0.25, -0.2) is 4.98 Å². The van der Waals surface area contributed by atoms with Crippen LogP contribution in [0.2, 0.25) is 0 Å². The van der Waals surface area contributed by atoms with Crippen molar-refractivity contribution in [2.75, 3.05) is 0 Å². The molecule has 0 aromatic carbocycles. The molecular formula is C9H9N3OS. The lowest BCUT2D eigenvalue weighted by Crippen LogP contribution is -1.87. The predicted molar refractivity (Wildman–Crippen MR) is 54.1 cm³/mol. The Labute approximate surface area is 85.4 Å². The van der Waals surface area contributed by atoms with Crippen molar-refractivity contribution in [1.82, 2.24) is 15.0 Å². The number of aromatic nitrogens is 3. The zero-order valence-corrected chi connectivity index (χ0v) is 8.16. The highest BCUT2D eigenvalue weighted by Crippen LogP contribution is 2.22. The topological polar surface area (TPSA) is 61.8 Å². The van der Waals surface area contributed by atoms with Gasteiger partial charge in [0, 0.05) is 24.3 Å². The van der Waals surface area contributed by atoms with Crippen molar-refractivity contribution in [3.63, 3.8) is 0 Å².